The van der Waals surface area contributed by atoms with Crippen molar-refractivity contribution in [2.24, 2.45) is 12.8 Å². The zero-order chi connectivity index (χ0) is 11.1. The zero-order valence-corrected chi connectivity index (χ0v) is 10.0. The molecule has 15 heavy (non-hydrogen) atoms. The number of aryl methyl sites for hydroxylation is 2. The van der Waals surface area contributed by atoms with Crippen molar-refractivity contribution < 1.29 is 0 Å². The Morgan fingerprint density at radius 1 is 1.20 bits per heavy atom. The second kappa shape index (κ2) is 3.63. The zero-order valence-electron chi connectivity index (χ0n) is 10.0. The van der Waals surface area contributed by atoms with Crippen molar-refractivity contribution in [3.05, 3.63) is 17.0 Å². The first-order valence-electron chi connectivity index (χ1n) is 5.84. The molecule has 1 heterocycles. The predicted molar refractivity (Wildman–Crippen MR) is 61.6 cm³/mol. The number of aromatic nitrogens is 2. The van der Waals surface area contributed by atoms with Crippen LogP contribution in [-0.2, 0) is 12.6 Å². The van der Waals surface area contributed by atoms with Gasteiger partial charge < -0.3 is 5.73 Å². The number of hydrogen-bond acceptors (Lipinski definition) is 2. The van der Waals surface area contributed by atoms with Crippen molar-refractivity contribution in [2.45, 2.75) is 51.5 Å². The van der Waals surface area contributed by atoms with E-state index >= 15 is 0 Å². The predicted octanol–water partition coefficient (Wildman–Crippen LogP) is 2.16. The minimum absolute atomic E-state index is 0.110. The molecular formula is C12H21N3. The lowest BCUT2D eigenvalue weighted by atomic mass is 9.76. The van der Waals surface area contributed by atoms with Crippen molar-refractivity contribution in [1.82, 2.24) is 9.78 Å². The van der Waals surface area contributed by atoms with E-state index in [2.05, 4.69) is 18.9 Å². The van der Waals surface area contributed by atoms with Crippen LogP contribution in [0.2, 0.25) is 0 Å². The standard InChI is InChI=1S/C12H21N3/c1-9-11(10(2)15(3)14-9)12(13)7-5-4-6-8-12/h4-8,13H2,1-3H3. The SMILES string of the molecule is Cc1nn(C)c(C)c1C1(N)CCCCC1. The molecule has 0 spiro atoms. The van der Waals surface area contributed by atoms with Gasteiger partial charge in [0, 0.05) is 23.8 Å². The summed E-state index contributed by atoms with van der Waals surface area (Å²) in [6.07, 6.45) is 6.06. The molecule has 1 aromatic heterocycles. The summed E-state index contributed by atoms with van der Waals surface area (Å²) in [5.41, 5.74) is 10.1. The molecule has 0 aromatic carbocycles. The molecule has 1 aromatic rings. The molecule has 0 atom stereocenters. The Balaban J connectivity index is 2.42. The van der Waals surface area contributed by atoms with Crippen LogP contribution in [0.4, 0.5) is 0 Å². The highest BCUT2D eigenvalue weighted by Gasteiger charge is 2.34. The van der Waals surface area contributed by atoms with Crippen molar-refractivity contribution in [1.29, 1.82) is 0 Å². The molecule has 3 nitrogen and oxygen atoms in total. The van der Waals surface area contributed by atoms with Crippen LogP contribution in [0.15, 0.2) is 0 Å². The van der Waals surface area contributed by atoms with Crippen molar-refractivity contribution in [3.63, 3.8) is 0 Å². The molecule has 0 unspecified atom stereocenters. The first-order chi connectivity index (χ1) is 7.04. The highest BCUT2D eigenvalue weighted by molar-refractivity contribution is 5.32. The minimum atomic E-state index is -0.110. The quantitative estimate of drug-likeness (QED) is 0.767. The smallest absolute Gasteiger partial charge is 0.0647 e. The van der Waals surface area contributed by atoms with E-state index in [9.17, 15) is 0 Å². The average Bonchev–Trinajstić information content (AvgIpc) is 2.42. The van der Waals surface area contributed by atoms with Gasteiger partial charge in [-0.15, -0.1) is 0 Å². The van der Waals surface area contributed by atoms with E-state index in [0.29, 0.717) is 0 Å². The van der Waals surface area contributed by atoms with Gasteiger partial charge >= 0.3 is 0 Å². The molecule has 2 N–H and O–H groups in total. The van der Waals surface area contributed by atoms with Crippen LogP contribution in [0.25, 0.3) is 0 Å². The third-order valence-electron chi connectivity index (χ3n) is 3.75. The summed E-state index contributed by atoms with van der Waals surface area (Å²) in [6.45, 7) is 4.20. The molecule has 0 saturated heterocycles. The van der Waals surface area contributed by atoms with E-state index in [1.165, 1.54) is 30.5 Å². The number of nitrogens with two attached hydrogens (primary N) is 1. The van der Waals surface area contributed by atoms with Crippen molar-refractivity contribution in [2.75, 3.05) is 0 Å². The van der Waals surface area contributed by atoms with Crippen LogP contribution in [-0.4, -0.2) is 9.78 Å². The van der Waals surface area contributed by atoms with Gasteiger partial charge in [-0.05, 0) is 26.7 Å². The lowest BCUT2D eigenvalue weighted by Gasteiger charge is -2.34. The Labute approximate surface area is 91.7 Å². The van der Waals surface area contributed by atoms with E-state index in [4.69, 9.17) is 5.73 Å². The maximum Gasteiger partial charge on any atom is 0.0647 e. The first kappa shape index (κ1) is 10.7. The normalized spacial score (nSPS) is 20.5. The van der Waals surface area contributed by atoms with Gasteiger partial charge in [0.25, 0.3) is 0 Å². The Hall–Kier alpha value is -0.830. The summed E-state index contributed by atoms with van der Waals surface area (Å²) in [5.74, 6) is 0. The van der Waals surface area contributed by atoms with Gasteiger partial charge in [0.1, 0.15) is 0 Å². The second-order valence-electron chi connectivity index (χ2n) is 4.89. The molecule has 0 aliphatic heterocycles. The van der Waals surface area contributed by atoms with Crippen LogP contribution < -0.4 is 5.73 Å². The van der Waals surface area contributed by atoms with Gasteiger partial charge in [0.05, 0.1) is 5.69 Å². The summed E-state index contributed by atoms with van der Waals surface area (Å²) >= 11 is 0. The van der Waals surface area contributed by atoms with E-state index in [1.54, 1.807) is 0 Å². The lowest BCUT2D eigenvalue weighted by molar-refractivity contribution is 0.299. The molecule has 0 amide bonds. The van der Waals surface area contributed by atoms with Crippen LogP contribution in [0.1, 0.15) is 49.1 Å². The van der Waals surface area contributed by atoms with E-state index in [-0.39, 0.29) is 5.54 Å². The molecule has 0 radical (unpaired) electrons. The summed E-state index contributed by atoms with van der Waals surface area (Å²) < 4.78 is 1.95. The average molecular weight is 207 g/mol. The van der Waals surface area contributed by atoms with Gasteiger partial charge in [-0.25, -0.2) is 0 Å². The topological polar surface area (TPSA) is 43.8 Å². The number of hydrogen-bond donors (Lipinski definition) is 1. The van der Waals surface area contributed by atoms with Crippen LogP contribution >= 0.6 is 0 Å². The van der Waals surface area contributed by atoms with Gasteiger partial charge in [-0.1, -0.05) is 19.3 Å². The highest BCUT2D eigenvalue weighted by atomic mass is 15.3. The van der Waals surface area contributed by atoms with Crippen LogP contribution in [0.5, 0.6) is 0 Å². The highest BCUT2D eigenvalue weighted by Crippen LogP contribution is 2.37. The summed E-state index contributed by atoms with van der Waals surface area (Å²) in [7, 11) is 2.00. The van der Waals surface area contributed by atoms with Gasteiger partial charge in [0.15, 0.2) is 0 Å². The molecule has 1 aliphatic carbocycles. The first-order valence-corrected chi connectivity index (χ1v) is 5.84. The maximum absolute atomic E-state index is 6.54. The fraction of sp³-hybridized carbons (Fsp3) is 0.750. The Morgan fingerprint density at radius 2 is 1.80 bits per heavy atom. The molecule has 1 fully saturated rings. The molecule has 0 bridgehead atoms. The van der Waals surface area contributed by atoms with E-state index in [0.717, 1.165) is 18.5 Å². The van der Waals surface area contributed by atoms with Crippen LogP contribution in [0.3, 0.4) is 0 Å². The van der Waals surface area contributed by atoms with E-state index < -0.39 is 0 Å². The van der Waals surface area contributed by atoms with Gasteiger partial charge in [-0.2, -0.15) is 5.10 Å². The Bertz CT molecular complexity index is 359. The molecule has 84 valence electrons. The minimum Gasteiger partial charge on any atom is -0.321 e. The Kier molecular flexibility index (Phi) is 2.59. The van der Waals surface area contributed by atoms with Gasteiger partial charge in [0.2, 0.25) is 0 Å². The fourth-order valence-electron chi connectivity index (χ4n) is 2.93. The fourth-order valence-corrected chi connectivity index (χ4v) is 2.93. The summed E-state index contributed by atoms with van der Waals surface area (Å²) in [6, 6.07) is 0. The maximum atomic E-state index is 6.54. The molecule has 1 aliphatic rings. The summed E-state index contributed by atoms with van der Waals surface area (Å²) in [4.78, 5) is 0. The monoisotopic (exact) mass is 207 g/mol. The molecule has 3 heteroatoms. The molecule has 1 saturated carbocycles. The molecular weight excluding hydrogens is 186 g/mol. The third-order valence-corrected chi connectivity index (χ3v) is 3.75. The van der Waals surface area contributed by atoms with Gasteiger partial charge in [-0.3, -0.25) is 4.68 Å². The van der Waals surface area contributed by atoms with Crippen LogP contribution in [0, 0.1) is 13.8 Å². The van der Waals surface area contributed by atoms with E-state index in [1.807, 2.05) is 11.7 Å². The van der Waals surface area contributed by atoms with Crippen molar-refractivity contribution in [3.8, 4) is 0 Å². The second-order valence-corrected chi connectivity index (χ2v) is 4.89. The summed E-state index contributed by atoms with van der Waals surface area (Å²) in [5, 5.41) is 4.47. The largest absolute Gasteiger partial charge is 0.321 e. The lowest BCUT2D eigenvalue weighted by Crippen LogP contribution is -2.39. The number of rotatable bonds is 1. The third kappa shape index (κ3) is 1.69. The Morgan fingerprint density at radius 3 is 2.27 bits per heavy atom. The molecule has 2 rings (SSSR count). The number of nitrogens with zero attached hydrogens (tertiary/aromatic N) is 2. The van der Waals surface area contributed by atoms with Crippen molar-refractivity contribution >= 4 is 0 Å².